The lowest BCUT2D eigenvalue weighted by Crippen LogP contribution is -1.92. The first-order valence-electron chi connectivity index (χ1n) is 4.99. The van der Waals surface area contributed by atoms with Gasteiger partial charge in [0.1, 0.15) is 5.82 Å². The minimum Gasteiger partial charge on any atom is -0.454 e. The Balaban J connectivity index is 2.11. The number of rotatable bonds is 1. The van der Waals surface area contributed by atoms with Crippen LogP contribution in [0, 0.1) is 5.82 Å². The van der Waals surface area contributed by atoms with Gasteiger partial charge in [-0.05, 0) is 23.8 Å². The van der Waals surface area contributed by atoms with Gasteiger partial charge in [-0.1, -0.05) is 24.3 Å². The highest BCUT2D eigenvalue weighted by Gasteiger charge is 2.14. The molecule has 0 unspecified atom stereocenters. The van der Waals surface area contributed by atoms with E-state index in [1.54, 1.807) is 24.3 Å². The zero-order chi connectivity index (χ0) is 11.0. The maximum Gasteiger partial charge on any atom is 0.231 e. The Labute approximate surface area is 92.2 Å². The Bertz CT molecular complexity index is 537. The van der Waals surface area contributed by atoms with E-state index in [4.69, 9.17) is 9.47 Å². The summed E-state index contributed by atoms with van der Waals surface area (Å²) in [5, 5.41) is 0. The number of fused-ring (bicyclic) bond motifs is 1. The van der Waals surface area contributed by atoms with E-state index in [1.807, 2.05) is 12.1 Å². The van der Waals surface area contributed by atoms with E-state index >= 15 is 0 Å². The molecule has 0 fully saturated rings. The monoisotopic (exact) mass is 216 g/mol. The SMILES string of the molecule is Fc1ccccc1-c1ccc2c(c1)OCO2. The normalized spacial score (nSPS) is 12.8. The summed E-state index contributed by atoms with van der Waals surface area (Å²) in [7, 11) is 0. The van der Waals surface area contributed by atoms with E-state index in [0.717, 1.165) is 5.56 Å². The van der Waals surface area contributed by atoms with Crippen molar-refractivity contribution in [2.24, 2.45) is 0 Å². The lowest BCUT2D eigenvalue weighted by Gasteiger charge is -2.04. The maximum absolute atomic E-state index is 13.6. The van der Waals surface area contributed by atoms with E-state index in [0.29, 0.717) is 17.1 Å². The van der Waals surface area contributed by atoms with E-state index in [9.17, 15) is 4.39 Å². The highest BCUT2D eigenvalue weighted by molar-refractivity contribution is 5.67. The summed E-state index contributed by atoms with van der Waals surface area (Å²) in [6.45, 7) is 0.232. The second kappa shape index (κ2) is 3.52. The molecule has 3 rings (SSSR count). The molecule has 0 saturated carbocycles. The van der Waals surface area contributed by atoms with Crippen LogP contribution in [0.4, 0.5) is 4.39 Å². The van der Waals surface area contributed by atoms with Crippen molar-refractivity contribution >= 4 is 0 Å². The van der Waals surface area contributed by atoms with Gasteiger partial charge >= 0.3 is 0 Å². The molecule has 80 valence electrons. The molecule has 1 aliphatic rings. The fourth-order valence-electron chi connectivity index (χ4n) is 1.76. The molecular formula is C13H9FO2. The summed E-state index contributed by atoms with van der Waals surface area (Å²) >= 11 is 0. The largest absolute Gasteiger partial charge is 0.454 e. The lowest BCUT2D eigenvalue weighted by atomic mass is 10.0. The molecule has 0 spiro atoms. The molecule has 2 nitrogen and oxygen atoms in total. The second-order valence-corrected chi connectivity index (χ2v) is 3.55. The first kappa shape index (κ1) is 9.21. The van der Waals surface area contributed by atoms with Crippen molar-refractivity contribution in [3.8, 4) is 22.6 Å². The van der Waals surface area contributed by atoms with Gasteiger partial charge in [0.25, 0.3) is 0 Å². The zero-order valence-corrected chi connectivity index (χ0v) is 8.44. The Morgan fingerprint density at radius 3 is 2.62 bits per heavy atom. The van der Waals surface area contributed by atoms with Crippen molar-refractivity contribution in [3.05, 3.63) is 48.3 Å². The van der Waals surface area contributed by atoms with Crippen molar-refractivity contribution in [1.82, 2.24) is 0 Å². The highest BCUT2D eigenvalue weighted by atomic mass is 19.1. The molecule has 1 heterocycles. The van der Waals surface area contributed by atoms with Gasteiger partial charge in [-0.3, -0.25) is 0 Å². The third-order valence-electron chi connectivity index (χ3n) is 2.56. The Kier molecular flexibility index (Phi) is 2.03. The summed E-state index contributed by atoms with van der Waals surface area (Å²) in [5.41, 5.74) is 1.36. The zero-order valence-electron chi connectivity index (χ0n) is 8.44. The molecule has 0 bridgehead atoms. The number of halogens is 1. The van der Waals surface area contributed by atoms with Gasteiger partial charge in [0.2, 0.25) is 6.79 Å². The van der Waals surface area contributed by atoms with Crippen LogP contribution < -0.4 is 9.47 Å². The summed E-state index contributed by atoms with van der Waals surface area (Å²) in [5.74, 6) is 1.14. The summed E-state index contributed by atoms with van der Waals surface area (Å²) < 4.78 is 24.0. The minimum absolute atomic E-state index is 0.232. The van der Waals surface area contributed by atoms with Crippen LogP contribution in [0.3, 0.4) is 0 Å². The number of hydrogen-bond acceptors (Lipinski definition) is 2. The van der Waals surface area contributed by atoms with Crippen LogP contribution >= 0.6 is 0 Å². The molecule has 2 aromatic carbocycles. The Morgan fingerprint density at radius 2 is 1.75 bits per heavy atom. The van der Waals surface area contributed by atoms with Crippen LogP contribution in [0.25, 0.3) is 11.1 Å². The summed E-state index contributed by atoms with van der Waals surface area (Å²) in [4.78, 5) is 0. The molecule has 0 saturated heterocycles. The predicted molar refractivity (Wildman–Crippen MR) is 58.0 cm³/mol. The molecule has 2 aromatic rings. The van der Waals surface area contributed by atoms with Crippen LogP contribution in [0.15, 0.2) is 42.5 Å². The van der Waals surface area contributed by atoms with E-state index in [2.05, 4.69) is 0 Å². The maximum atomic E-state index is 13.6. The lowest BCUT2D eigenvalue weighted by molar-refractivity contribution is 0.174. The van der Waals surface area contributed by atoms with Crippen molar-refractivity contribution < 1.29 is 13.9 Å². The standard InChI is InChI=1S/C13H9FO2/c14-11-4-2-1-3-10(11)9-5-6-12-13(7-9)16-8-15-12/h1-7H,8H2. The molecule has 0 aromatic heterocycles. The summed E-state index contributed by atoms with van der Waals surface area (Å²) in [6.07, 6.45) is 0. The topological polar surface area (TPSA) is 18.5 Å². The van der Waals surface area contributed by atoms with Crippen molar-refractivity contribution in [3.63, 3.8) is 0 Å². The molecule has 0 aliphatic carbocycles. The van der Waals surface area contributed by atoms with Crippen LogP contribution in [-0.4, -0.2) is 6.79 Å². The van der Waals surface area contributed by atoms with Gasteiger partial charge in [0.05, 0.1) is 0 Å². The molecular weight excluding hydrogens is 207 g/mol. The van der Waals surface area contributed by atoms with Crippen LogP contribution in [0.1, 0.15) is 0 Å². The molecule has 1 aliphatic heterocycles. The van der Waals surface area contributed by atoms with Crippen LogP contribution in [0.2, 0.25) is 0 Å². The van der Waals surface area contributed by atoms with E-state index in [-0.39, 0.29) is 12.6 Å². The fraction of sp³-hybridized carbons (Fsp3) is 0.0769. The third kappa shape index (κ3) is 1.41. The number of benzene rings is 2. The fourth-order valence-corrected chi connectivity index (χ4v) is 1.76. The Morgan fingerprint density at radius 1 is 0.938 bits per heavy atom. The molecule has 0 amide bonds. The van der Waals surface area contributed by atoms with Crippen molar-refractivity contribution in [2.45, 2.75) is 0 Å². The van der Waals surface area contributed by atoms with Gasteiger partial charge in [0, 0.05) is 5.56 Å². The van der Waals surface area contributed by atoms with Gasteiger partial charge in [-0.25, -0.2) is 4.39 Å². The quantitative estimate of drug-likeness (QED) is 0.728. The third-order valence-corrected chi connectivity index (χ3v) is 2.56. The molecule has 3 heteroatoms. The Hall–Kier alpha value is -2.03. The van der Waals surface area contributed by atoms with Crippen LogP contribution in [-0.2, 0) is 0 Å². The predicted octanol–water partition coefficient (Wildman–Crippen LogP) is 3.22. The van der Waals surface area contributed by atoms with Gasteiger partial charge < -0.3 is 9.47 Å². The van der Waals surface area contributed by atoms with Crippen molar-refractivity contribution in [1.29, 1.82) is 0 Å². The molecule has 0 atom stereocenters. The number of ether oxygens (including phenoxy) is 2. The van der Waals surface area contributed by atoms with Gasteiger partial charge in [-0.15, -0.1) is 0 Å². The minimum atomic E-state index is -0.235. The first-order chi connectivity index (χ1) is 7.84. The average Bonchev–Trinajstić information content (AvgIpc) is 2.76. The van der Waals surface area contributed by atoms with Crippen molar-refractivity contribution in [2.75, 3.05) is 6.79 Å². The van der Waals surface area contributed by atoms with Crippen LogP contribution in [0.5, 0.6) is 11.5 Å². The smallest absolute Gasteiger partial charge is 0.231 e. The summed E-state index contributed by atoms with van der Waals surface area (Å²) in [6, 6.07) is 12.1. The molecule has 0 N–H and O–H groups in total. The average molecular weight is 216 g/mol. The van der Waals surface area contributed by atoms with E-state index < -0.39 is 0 Å². The second-order valence-electron chi connectivity index (χ2n) is 3.55. The molecule has 16 heavy (non-hydrogen) atoms. The highest BCUT2D eigenvalue weighted by Crippen LogP contribution is 2.36. The van der Waals surface area contributed by atoms with Gasteiger partial charge in [0.15, 0.2) is 11.5 Å². The number of hydrogen-bond donors (Lipinski definition) is 0. The van der Waals surface area contributed by atoms with Gasteiger partial charge in [-0.2, -0.15) is 0 Å². The first-order valence-corrected chi connectivity index (χ1v) is 4.99. The van der Waals surface area contributed by atoms with E-state index in [1.165, 1.54) is 6.07 Å². The molecule has 0 radical (unpaired) electrons.